The van der Waals surface area contributed by atoms with Gasteiger partial charge in [0, 0.05) is 22.2 Å². The van der Waals surface area contributed by atoms with Gasteiger partial charge in [0.25, 0.3) is 0 Å². The number of ether oxygens (including phenoxy) is 2. The Morgan fingerprint density at radius 1 is 0.552 bits per heavy atom. The topological polar surface area (TPSA) is 97.2 Å². The van der Waals surface area contributed by atoms with Gasteiger partial charge < -0.3 is 19.9 Å². The van der Waals surface area contributed by atoms with Crippen molar-refractivity contribution in [1.82, 2.24) is 0 Å². The first-order chi connectivity index (χ1) is 28.0. The molecular weight excluding hydrogens is 721 g/mol. The molecule has 1 aliphatic carbocycles. The second kappa shape index (κ2) is 14.0. The summed E-state index contributed by atoms with van der Waals surface area (Å²) >= 11 is 0. The van der Waals surface area contributed by atoms with Crippen molar-refractivity contribution in [3.63, 3.8) is 0 Å². The number of aliphatic imine (C=N–C) groups is 1. The van der Waals surface area contributed by atoms with Crippen LogP contribution in [0.2, 0.25) is 0 Å². The van der Waals surface area contributed by atoms with Gasteiger partial charge in [-0.05, 0) is 118 Å². The summed E-state index contributed by atoms with van der Waals surface area (Å²) in [5.41, 5.74) is 7.80. The van der Waals surface area contributed by atoms with Gasteiger partial charge in [-0.1, -0.05) is 100 Å². The van der Waals surface area contributed by atoms with Crippen LogP contribution in [-0.4, -0.2) is 22.4 Å². The Balaban J connectivity index is 0.946. The standard InChI is InChI=1S/C51H40N2O5/c1-50(2)41-27-33(31-15-21-37(22-16-31)57-35-11-7-5-8-12-35)19-25-43(41)52-45(50)29-39-47(54)40(49(56)48(39)55)30-46-51(3,4)42-28-34(20-26-44(42)53-46)32-17-23-38(24-18-32)58-36-13-9-6-10-14-36/h5-30,52,54H,1-4H3/b40-30+,45-29-. The first-order valence-electron chi connectivity index (χ1n) is 19.2. The number of carbonyl (C=O) groups excluding carboxylic acids is 2. The zero-order valence-electron chi connectivity index (χ0n) is 32.5. The molecule has 6 aromatic carbocycles. The fourth-order valence-electron chi connectivity index (χ4n) is 7.78. The first kappa shape index (κ1) is 36.4. The molecule has 2 aliphatic heterocycles. The lowest BCUT2D eigenvalue weighted by Crippen LogP contribution is -2.25. The number of Topliss-reactive ketones (excluding diaryl/α,β-unsaturated/α-hetero) is 2. The number of ketones is 2. The van der Waals surface area contributed by atoms with Crippen LogP contribution in [0.1, 0.15) is 38.8 Å². The molecular formula is C51H40N2O5. The molecule has 7 nitrogen and oxygen atoms in total. The van der Waals surface area contributed by atoms with Crippen molar-refractivity contribution < 1.29 is 24.2 Å². The van der Waals surface area contributed by atoms with Gasteiger partial charge in [-0.25, -0.2) is 0 Å². The number of aliphatic hydroxyl groups excluding tert-OH is 1. The lowest BCUT2D eigenvalue weighted by atomic mass is 9.80. The van der Waals surface area contributed by atoms with Crippen molar-refractivity contribution in [3.8, 4) is 45.3 Å². The van der Waals surface area contributed by atoms with E-state index in [2.05, 4.69) is 31.3 Å². The Morgan fingerprint density at radius 3 is 1.62 bits per heavy atom. The van der Waals surface area contributed by atoms with Crippen LogP contribution in [0.5, 0.6) is 23.0 Å². The van der Waals surface area contributed by atoms with Crippen molar-refractivity contribution in [3.05, 3.63) is 191 Å². The SMILES string of the molecule is CC1(C)C(/C=C2/C(=O)C(=O)C(/C=C3\Nc4ccc(-c5ccc(Oc6ccccc6)cc5)cc4C3(C)C)=C2O)=Nc2ccc(-c3ccc(Oc4ccccc4)cc3)cc21. The van der Waals surface area contributed by atoms with E-state index in [4.69, 9.17) is 14.5 Å². The van der Waals surface area contributed by atoms with Gasteiger partial charge in [-0.2, -0.15) is 0 Å². The molecule has 284 valence electrons. The first-order valence-corrected chi connectivity index (χ1v) is 19.2. The summed E-state index contributed by atoms with van der Waals surface area (Å²) in [5.74, 6) is 1.18. The van der Waals surface area contributed by atoms with E-state index in [1.165, 1.54) is 0 Å². The predicted molar refractivity (Wildman–Crippen MR) is 229 cm³/mol. The van der Waals surface area contributed by atoms with Crippen LogP contribution in [0.25, 0.3) is 22.3 Å². The molecule has 7 heteroatoms. The minimum atomic E-state index is -0.757. The van der Waals surface area contributed by atoms with Crippen molar-refractivity contribution >= 4 is 28.7 Å². The van der Waals surface area contributed by atoms with Crippen molar-refractivity contribution in [1.29, 1.82) is 0 Å². The fraction of sp³-hybridized carbons (Fsp3) is 0.118. The summed E-state index contributed by atoms with van der Waals surface area (Å²) in [7, 11) is 0. The second-order valence-corrected chi connectivity index (χ2v) is 15.8. The lowest BCUT2D eigenvalue weighted by molar-refractivity contribution is -0.131. The number of hydrogen-bond acceptors (Lipinski definition) is 7. The number of benzene rings is 6. The summed E-state index contributed by atoms with van der Waals surface area (Å²) < 4.78 is 11.9. The van der Waals surface area contributed by atoms with Crippen LogP contribution in [0.3, 0.4) is 0 Å². The van der Waals surface area contributed by atoms with Gasteiger partial charge in [-0.15, -0.1) is 0 Å². The summed E-state index contributed by atoms with van der Waals surface area (Å²) in [6.07, 6.45) is 3.19. The van der Waals surface area contributed by atoms with Gasteiger partial charge in [0.2, 0.25) is 11.6 Å². The molecule has 0 spiro atoms. The lowest BCUT2D eigenvalue weighted by Gasteiger charge is -2.21. The predicted octanol–water partition coefficient (Wildman–Crippen LogP) is 12.1. The zero-order valence-corrected chi connectivity index (χ0v) is 32.5. The Labute approximate surface area is 337 Å². The van der Waals surface area contributed by atoms with E-state index >= 15 is 0 Å². The zero-order chi connectivity index (χ0) is 40.2. The summed E-state index contributed by atoms with van der Waals surface area (Å²) in [6.45, 7) is 8.18. The highest BCUT2D eigenvalue weighted by Gasteiger charge is 2.42. The van der Waals surface area contributed by atoms with Crippen LogP contribution >= 0.6 is 0 Å². The largest absolute Gasteiger partial charge is 0.506 e. The maximum Gasteiger partial charge on any atom is 0.237 e. The molecule has 0 atom stereocenters. The number of fused-ring (bicyclic) bond motifs is 2. The number of para-hydroxylation sites is 2. The number of hydrogen-bond donors (Lipinski definition) is 2. The number of rotatable bonds is 8. The minimum absolute atomic E-state index is 0.0373. The van der Waals surface area contributed by atoms with Gasteiger partial charge in [0.05, 0.1) is 22.5 Å². The van der Waals surface area contributed by atoms with E-state index in [-0.39, 0.29) is 16.9 Å². The molecule has 0 radical (unpaired) electrons. The minimum Gasteiger partial charge on any atom is -0.506 e. The van der Waals surface area contributed by atoms with Crippen molar-refractivity contribution in [2.75, 3.05) is 5.32 Å². The average Bonchev–Trinajstić information content (AvgIpc) is 3.72. The van der Waals surface area contributed by atoms with E-state index in [1.807, 2.05) is 147 Å². The highest BCUT2D eigenvalue weighted by Crippen LogP contribution is 2.47. The van der Waals surface area contributed by atoms with Gasteiger partial charge in [-0.3, -0.25) is 14.6 Å². The van der Waals surface area contributed by atoms with Crippen LogP contribution in [-0.2, 0) is 20.4 Å². The van der Waals surface area contributed by atoms with Crippen LogP contribution < -0.4 is 14.8 Å². The molecule has 2 N–H and O–H groups in total. The van der Waals surface area contributed by atoms with E-state index < -0.39 is 22.4 Å². The number of nitrogens with one attached hydrogen (secondary N) is 1. The van der Waals surface area contributed by atoms with Gasteiger partial charge in [0.15, 0.2) is 0 Å². The van der Waals surface area contributed by atoms with Crippen molar-refractivity contribution in [2.24, 2.45) is 4.99 Å². The molecule has 0 amide bonds. The maximum atomic E-state index is 13.5. The van der Waals surface area contributed by atoms with E-state index in [1.54, 1.807) is 12.2 Å². The number of nitrogens with zero attached hydrogens (tertiary/aromatic N) is 1. The molecule has 6 aromatic rings. The molecule has 0 fully saturated rings. The number of anilines is 1. The fourth-order valence-corrected chi connectivity index (χ4v) is 7.78. The van der Waals surface area contributed by atoms with Gasteiger partial charge >= 0.3 is 0 Å². The normalized spacial score (nSPS) is 17.6. The molecule has 0 saturated heterocycles. The molecule has 58 heavy (non-hydrogen) atoms. The molecule has 0 unspecified atom stereocenters. The molecule has 3 aliphatic rings. The van der Waals surface area contributed by atoms with Crippen LogP contribution in [0.4, 0.5) is 11.4 Å². The number of allylic oxidation sites excluding steroid dienone is 5. The van der Waals surface area contributed by atoms with E-state index in [9.17, 15) is 14.7 Å². The smallest absolute Gasteiger partial charge is 0.237 e. The van der Waals surface area contributed by atoms with Gasteiger partial charge in [0.1, 0.15) is 28.8 Å². The highest BCUT2D eigenvalue weighted by atomic mass is 16.5. The maximum absolute atomic E-state index is 13.5. The molecule has 0 aromatic heterocycles. The van der Waals surface area contributed by atoms with Crippen LogP contribution in [0, 0.1) is 0 Å². The number of carbonyl (C=O) groups is 2. The monoisotopic (exact) mass is 760 g/mol. The summed E-state index contributed by atoms with van der Waals surface area (Å²) in [5, 5.41) is 15.0. The second-order valence-electron chi connectivity index (χ2n) is 15.8. The van der Waals surface area contributed by atoms with E-state index in [0.29, 0.717) is 11.4 Å². The highest BCUT2D eigenvalue weighted by molar-refractivity contribution is 6.54. The van der Waals surface area contributed by atoms with E-state index in [0.717, 1.165) is 67.8 Å². The summed E-state index contributed by atoms with van der Waals surface area (Å²) in [6, 6.07) is 47.5. The Hall–Kier alpha value is -7.25. The third-order valence-electron chi connectivity index (χ3n) is 11.3. The quantitative estimate of drug-likeness (QED) is 0.118. The number of aliphatic hydroxyl groups is 1. The third-order valence-corrected chi connectivity index (χ3v) is 11.3. The Bertz CT molecular complexity index is 2760. The van der Waals surface area contributed by atoms with Crippen molar-refractivity contribution in [2.45, 2.75) is 38.5 Å². The summed E-state index contributed by atoms with van der Waals surface area (Å²) in [4.78, 5) is 31.9. The van der Waals surface area contributed by atoms with Crippen LogP contribution in [0.15, 0.2) is 185 Å². The Morgan fingerprint density at radius 2 is 1.05 bits per heavy atom. The molecule has 0 bridgehead atoms. The Kier molecular flexibility index (Phi) is 8.81. The molecule has 0 saturated carbocycles. The molecule has 9 rings (SSSR count). The third kappa shape index (κ3) is 6.50. The average molecular weight is 761 g/mol. The molecule has 2 heterocycles.